The van der Waals surface area contributed by atoms with Gasteiger partial charge in [0.25, 0.3) is 10.0 Å². The van der Waals surface area contributed by atoms with E-state index in [0.29, 0.717) is 4.72 Å². The molecule has 0 saturated heterocycles. The predicted molar refractivity (Wildman–Crippen MR) is 88.3 cm³/mol. The molecular weight excluding hydrogens is 517 g/mol. The van der Waals surface area contributed by atoms with Gasteiger partial charge in [-0.25, -0.2) is 13.1 Å². The monoisotopic (exact) mass is 539 g/mol. The summed E-state index contributed by atoms with van der Waals surface area (Å²) in [4.78, 5) is 0. The molecule has 2 atom stereocenters. The Balaban J connectivity index is 5.89. The Kier molecular flexibility index (Phi) is 9.61. The van der Waals surface area contributed by atoms with Crippen LogP contribution in [-0.4, -0.2) is 110 Å². The van der Waals surface area contributed by atoms with Crippen LogP contribution >= 0.6 is 0 Å². The van der Waals surface area contributed by atoms with Gasteiger partial charge in [0, 0.05) is 6.42 Å². The standard InChI is InChI=1S/C14H22F11N2O5S/c1-27(2,5-9(30)7-29)4-3-8(6-28)26-33(31,32)14(24,25)12(19,20)10(15,16)11(17,18)13(21,22)23/h8-9,26,28-30H,3-7H2,1-2H3/q+1. The number of nitrogens with one attached hydrogen (secondary N) is 1. The van der Waals surface area contributed by atoms with Crippen molar-refractivity contribution in [1.29, 1.82) is 0 Å². The lowest BCUT2D eigenvalue weighted by Gasteiger charge is -2.37. The maximum Gasteiger partial charge on any atom is 0.460 e. The summed E-state index contributed by atoms with van der Waals surface area (Å²) in [5, 5.41) is 20.1. The first kappa shape index (κ1) is 32.0. The number of hydrogen-bond donors (Lipinski definition) is 4. The van der Waals surface area contributed by atoms with Gasteiger partial charge in [-0.1, -0.05) is 0 Å². The van der Waals surface area contributed by atoms with Gasteiger partial charge < -0.3 is 19.8 Å². The molecule has 0 aliphatic rings. The van der Waals surface area contributed by atoms with Crippen LogP contribution in [0.1, 0.15) is 6.42 Å². The normalized spacial score (nSPS) is 17.2. The number of likely N-dealkylation sites (N-methyl/N-ethyl adjacent to an activating group) is 1. The molecule has 0 bridgehead atoms. The number of halogens is 11. The zero-order chi connectivity index (χ0) is 26.9. The second kappa shape index (κ2) is 9.92. The van der Waals surface area contributed by atoms with Crippen LogP contribution in [0.3, 0.4) is 0 Å². The van der Waals surface area contributed by atoms with Crippen LogP contribution in [0.4, 0.5) is 48.3 Å². The number of nitrogens with zero attached hydrogens (tertiary/aromatic N) is 1. The number of quaternary nitrogens is 1. The largest absolute Gasteiger partial charge is 0.460 e. The summed E-state index contributed by atoms with van der Waals surface area (Å²) >= 11 is 0. The fourth-order valence-corrected chi connectivity index (χ4v) is 3.68. The molecule has 33 heavy (non-hydrogen) atoms. The van der Waals surface area contributed by atoms with Gasteiger partial charge in [-0.05, 0) is 0 Å². The highest BCUT2D eigenvalue weighted by Crippen LogP contribution is 2.58. The highest BCUT2D eigenvalue weighted by Gasteiger charge is 2.89. The van der Waals surface area contributed by atoms with Crippen LogP contribution in [0.25, 0.3) is 0 Å². The summed E-state index contributed by atoms with van der Waals surface area (Å²) in [6.07, 6.45) is -9.42. The topological polar surface area (TPSA) is 107 Å². The lowest BCUT2D eigenvalue weighted by atomic mass is 10.0. The van der Waals surface area contributed by atoms with E-state index < -0.39 is 71.0 Å². The number of aliphatic hydroxyl groups excluding tert-OH is 3. The van der Waals surface area contributed by atoms with Crippen molar-refractivity contribution in [3.63, 3.8) is 0 Å². The highest BCUT2D eigenvalue weighted by molar-refractivity contribution is 7.90. The van der Waals surface area contributed by atoms with E-state index in [-0.39, 0.29) is 17.6 Å². The van der Waals surface area contributed by atoms with Crippen LogP contribution in [0, 0.1) is 0 Å². The first-order chi connectivity index (χ1) is 14.3. The molecule has 4 N–H and O–H groups in total. The van der Waals surface area contributed by atoms with Crippen LogP contribution in [-0.2, 0) is 10.0 Å². The molecule has 2 unspecified atom stereocenters. The summed E-state index contributed by atoms with van der Waals surface area (Å²) in [5.41, 5.74) is 0. The molecule has 0 aromatic heterocycles. The van der Waals surface area contributed by atoms with Crippen molar-refractivity contribution in [3.05, 3.63) is 0 Å². The molecule has 0 heterocycles. The third-order valence-electron chi connectivity index (χ3n) is 4.39. The Morgan fingerprint density at radius 1 is 0.818 bits per heavy atom. The van der Waals surface area contributed by atoms with Crippen LogP contribution < -0.4 is 4.72 Å². The van der Waals surface area contributed by atoms with Crippen molar-refractivity contribution in [3.8, 4) is 0 Å². The van der Waals surface area contributed by atoms with Gasteiger partial charge in [-0.15, -0.1) is 0 Å². The number of rotatable bonds is 13. The van der Waals surface area contributed by atoms with Gasteiger partial charge in [0.2, 0.25) is 0 Å². The van der Waals surface area contributed by atoms with E-state index in [1.54, 1.807) is 0 Å². The van der Waals surface area contributed by atoms with Crippen molar-refractivity contribution >= 4 is 10.0 Å². The molecule has 0 rings (SSSR count). The first-order valence-corrected chi connectivity index (χ1v) is 10.1. The van der Waals surface area contributed by atoms with Gasteiger partial charge in [0.1, 0.15) is 12.6 Å². The van der Waals surface area contributed by atoms with Crippen LogP contribution in [0.15, 0.2) is 0 Å². The molecule has 0 fully saturated rings. The Morgan fingerprint density at radius 3 is 1.64 bits per heavy atom. The summed E-state index contributed by atoms with van der Waals surface area (Å²) < 4.78 is 167. The molecule has 0 saturated carbocycles. The van der Waals surface area contributed by atoms with E-state index in [9.17, 15) is 61.8 Å². The number of alkyl halides is 11. The molecule has 0 radical (unpaired) electrons. The molecule has 0 aromatic rings. The highest BCUT2D eigenvalue weighted by atomic mass is 32.2. The molecule has 7 nitrogen and oxygen atoms in total. The minimum Gasteiger partial charge on any atom is -0.395 e. The van der Waals surface area contributed by atoms with E-state index in [1.165, 1.54) is 14.1 Å². The van der Waals surface area contributed by atoms with Crippen molar-refractivity contribution in [1.82, 2.24) is 4.72 Å². The minimum absolute atomic E-state index is 0.214. The molecule has 19 heteroatoms. The lowest BCUT2D eigenvalue weighted by molar-refractivity contribution is -0.893. The number of aliphatic hydroxyl groups is 3. The van der Waals surface area contributed by atoms with Crippen LogP contribution in [0.5, 0.6) is 0 Å². The summed E-state index contributed by atoms with van der Waals surface area (Å²) in [6.45, 7) is -2.64. The van der Waals surface area contributed by atoms with Crippen molar-refractivity contribution in [2.24, 2.45) is 0 Å². The Labute approximate surface area is 180 Å². The Morgan fingerprint density at radius 2 is 1.27 bits per heavy atom. The second-order valence-electron chi connectivity index (χ2n) is 7.71. The zero-order valence-electron chi connectivity index (χ0n) is 16.9. The van der Waals surface area contributed by atoms with Crippen LogP contribution in [0.2, 0.25) is 0 Å². The summed E-state index contributed by atoms with van der Waals surface area (Å²) in [6, 6.07) is -2.10. The van der Waals surface area contributed by atoms with E-state index in [1.807, 2.05) is 0 Å². The van der Waals surface area contributed by atoms with Gasteiger partial charge in [0.05, 0.1) is 39.9 Å². The third-order valence-corrected chi connectivity index (χ3v) is 5.96. The number of hydrogen-bond acceptors (Lipinski definition) is 5. The van der Waals surface area contributed by atoms with E-state index >= 15 is 0 Å². The smallest absolute Gasteiger partial charge is 0.395 e. The minimum atomic E-state index is -7.90. The lowest BCUT2D eigenvalue weighted by Crippen LogP contribution is -2.69. The molecule has 0 aliphatic carbocycles. The predicted octanol–water partition coefficient (Wildman–Crippen LogP) is 1.15. The summed E-state index contributed by atoms with van der Waals surface area (Å²) in [5.74, 6) is -23.4. The Bertz CT molecular complexity index is 759. The van der Waals surface area contributed by atoms with Crippen molar-refractivity contribution in [2.75, 3.05) is 40.4 Å². The van der Waals surface area contributed by atoms with Gasteiger partial charge in [0.15, 0.2) is 0 Å². The van der Waals surface area contributed by atoms with Crippen molar-refractivity contribution in [2.45, 2.75) is 47.8 Å². The van der Waals surface area contributed by atoms with E-state index in [4.69, 9.17) is 10.2 Å². The fourth-order valence-electron chi connectivity index (χ4n) is 2.43. The van der Waals surface area contributed by atoms with Gasteiger partial charge >= 0.3 is 29.2 Å². The summed E-state index contributed by atoms with van der Waals surface area (Å²) in [7, 11) is -4.38. The third kappa shape index (κ3) is 6.36. The van der Waals surface area contributed by atoms with E-state index in [0.717, 1.165) is 0 Å². The Hall–Kier alpha value is -1.02. The molecule has 0 amide bonds. The molecule has 200 valence electrons. The second-order valence-corrected chi connectivity index (χ2v) is 9.46. The molecule has 0 aromatic carbocycles. The van der Waals surface area contributed by atoms with Gasteiger partial charge in [-0.3, -0.25) is 0 Å². The SMILES string of the molecule is C[N+](C)(CCC(CO)NS(=O)(=O)C(F)(F)C(F)(F)C(F)(F)C(F)(F)C(F)(F)F)CC(O)CO. The van der Waals surface area contributed by atoms with Gasteiger partial charge in [-0.2, -0.15) is 48.3 Å². The average Bonchev–Trinajstić information content (AvgIpc) is 2.62. The number of sulfonamides is 1. The molecular formula is C14H22F11N2O5S+. The fraction of sp³-hybridized carbons (Fsp3) is 1.00. The maximum atomic E-state index is 13.9. The first-order valence-electron chi connectivity index (χ1n) is 8.66. The maximum absolute atomic E-state index is 13.9. The molecule has 0 spiro atoms. The van der Waals surface area contributed by atoms with Crippen molar-refractivity contribution < 1.29 is 76.5 Å². The zero-order valence-corrected chi connectivity index (χ0v) is 17.7. The quantitative estimate of drug-likeness (QED) is 0.208. The van der Waals surface area contributed by atoms with E-state index in [2.05, 4.69) is 0 Å². The molecule has 0 aliphatic heterocycles. The average molecular weight is 539 g/mol.